The average molecular weight is 279 g/mol. The van der Waals surface area contributed by atoms with Gasteiger partial charge in [0.1, 0.15) is 0 Å². The van der Waals surface area contributed by atoms with Gasteiger partial charge in [-0.25, -0.2) is 0 Å². The van der Waals surface area contributed by atoms with E-state index in [9.17, 15) is 0 Å². The molecule has 1 saturated carbocycles. The lowest BCUT2D eigenvalue weighted by molar-refractivity contribution is 0.328. The fraction of sp³-hybridized carbons (Fsp3) is 0.667. The highest BCUT2D eigenvalue weighted by atomic mass is 32.2. The van der Waals surface area contributed by atoms with Crippen molar-refractivity contribution in [3.05, 3.63) is 30.6 Å². The van der Waals surface area contributed by atoms with Crippen LogP contribution in [0.5, 0.6) is 0 Å². The molecule has 0 unspecified atom stereocenters. The maximum absolute atomic E-state index is 4.70. The Kier molecular flexibility index (Phi) is 6.51. The maximum atomic E-state index is 4.70. The molecule has 1 heterocycles. The van der Waals surface area contributed by atoms with Crippen LogP contribution in [0, 0.1) is 0 Å². The predicted molar refractivity (Wildman–Crippen MR) is 83.6 cm³/mol. The molecule has 106 valence electrons. The second kappa shape index (κ2) is 8.43. The number of hydrogen-bond acceptors (Lipinski definition) is 3. The first-order valence-electron chi connectivity index (χ1n) is 7.33. The quantitative estimate of drug-likeness (QED) is 0.584. The number of nitrogens with one attached hydrogen (secondary N) is 1. The van der Waals surface area contributed by atoms with Crippen molar-refractivity contribution in [2.45, 2.75) is 44.7 Å². The number of aromatic nitrogens is 2. The molecule has 1 aliphatic carbocycles. The van der Waals surface area contributed by atoms with Gasteiger partial charge in [0.05, 0.1) is 11.7 Å². The van der Waals surface area contributed by atoms with Crippen LogP contribution in [0.4, 0.5) is 0 Å². The van der Waals surface area contributed by atoms with Crippen molar-refractivity contribution in [1.29, 1.82) is 0 Å². The van der Waals surface area contributed by atoms with Crippen LogP contribution in [-0.4, -0.2) is 27.8 Å². The highest BCUT2D eigenvalue weighted by Gasteiger charge is 2.15. The van der Waals surface area contributed by atoms with Gasteiger partial charge in [-0.3, -0.25) is 4.68 Å². The van der Waals surface area contributed by atoms with E-state index >= 15 is 0 Å². The van der Waals surface area contributed by atoms with Crippen molar-refractivity contribution >= 4 is 11.8 Å². The molecule has 0 radical (unpaired) electrons. The van der Waals surface area contributed by atoms with Gasteiger partial charge in [0, 0.05) is 30.8 Å². The van der Waals surface area contributed by atoms with Crippen LogP contribution in [-0.2, 0) is 6.54 Å². The molecule has 2 rings (SSSR count). The van der Waals surface area contributed by atoms with Crippen LogP contribution in [0.15, 0.2) is 24.9 Å². The number of thioether (sulfide) groups is 1. The SMILES string of the molecule is C=CCSCCNCc1ccn(C2CCCCC2)n1. The van der Waals surface area contributed by atoms with E-state index in [2.05, 4.69) is 28.8 Å². The zero-order valence-electron chi connectivity index (χ0n) is 11.7. The Balaban J connectivity index is 1.67. The van der Waals surface area contributed by atoms with Crippen LogP contribution in [0.25, 0.3) is 0 Å². The third kappa shape index (κ3) is 5.03. The Hall–Kier alpha value is -0.740. The van der Waals surface area contributed by atoms with E-state index in [0.29, 0.717) is 6.04 Å². The molecular formula is C15H25N3S. The molecule has 3 nitrogen and oxygen atoms in total. The van der Waals surface area contributed by atoms with Crippen molar-refractivity contribution in [2.75, 3.05) is 18.1 Å². The van der Waals surface area contributed by atoms with Gasteiger partial charge in [0.2, 0.25) is 0 Å². The lowest BCUT2D eigenvalue weighted by Gasteiger charge is -2.21. The summed E-state index contributed by atoms with van der Waals surface area (Å²) >= 11 is 1.91. The van der Waals surface area contributed by atoms with E-state index in [-0.39, 0.29) is 0 Å². The molecule has 19 heavy (non-hydrogen) atoms. The standard InChI is InChI=1S/C15H25N3S/c1-2-11-19-12-9-16-13-14-8-10-18(17-14)15-6-4-3-5-7-15/h2,8,10,15-16H,1,3-7,9,11-13H2. The molecule has 4 heteroatoms. The van der Waals surface area contributed by atoms with Gasteiger partial charge in [-0.2, -0.15) is 16.9 Å². The third-order valence-electron chi connectivity index (χ3n) is 3.58. The van der Waals surface area contributed by atoms with Crippen molar-refractivity contribution in [3.63, 3.8) is 0 Å². The second-order valence-corrected chi connectivity index (χ2v) is 6.27. The number of hydrogen-bond donors (Lipinski definition) is 1. The summed E-state index contributed by atoms with van der Waals surface area (Å²) in [6, 6.07) is 2.80. The zero-order valence-corrected chi connectivity index (χ0v) is 12.5. The van der Waals surface area contributed by atoms with Gasteiger partial charge in [-0.1, -0.05) is 25.3 Å². The van der Waals surface area contributed by atoms with Gasteiger partial charge in [0.15, 0.2) is 0 Å². The molecule has 0 saturated heterocycles. The van der Waals surface area contributed by atoms with E-state index in [1.54, 1.807) is 0 Å². The van der Waals surface area contributed by atoms with Crippen LogP contribution >= 0.6 is 11.8 Å². The van der Waals surface area contributed by atoms with Crippen LogP contribution in [0.3, 0.4) is 0 Å². The molecular weight excluding hydrogens is 254 g/mol. The minimum Gasteiger partial charge on any atom is -0.310 e. The summed E-state index contributed by atoms with van der Waals surface area (Å²) in [5.41, 5.74) is 1.17. The monoisotopic (exact) mass is 279 g/mol. The highest BCUT2D eigenvalue weighted by Crippen LogP contribution is 2.27. The van der Waals surface area contributed by atoms with Gasteiger partial charge in [-0.05, 0) is 18.9 Å². The van der Waals surface area contributed by atoms with E-state index in [4.69, 9.17) is 5.10 Å². The first-order chi connectivity index (χ1) is 9.40. The summed E-state index contributed by atoms with van der Waals surface area (Å²) in [5.74, 6) is 2.17. The van der Waals surface area contributed by atoms with Crippen LogP contribution in [0.1, 0.15) is 43.8 Å². The second-order valence-electron chi connectivity index (χ2n) is 5.12. The van der Waals surface area contributed by atoms with Crippen molar-refractivity contribution < 1.29 is 0 Å². The summed E-state index contributed by atoms with van der Waals surface area (Å²) in [6.45, 7) is 5.64. The largest absolute Gasteiger partial charge is 0.310 e. The maximum Gasteiger partial charge on any atom is 0.0762 e. The lowest BCUT2D eigenvalue weighted by atomic mass is 9.96. The molecule has 0 amide bonds. The molecule has 1 aliphatic rings. The predicted octanol–water partition coefficient (Wildman–Crippen LogP) is 3.40. The van der Waals surface area contributed by atoms with E-state index in [1.165, 1.54) is 37.8 Å². The van der Waals surface area contributed by atoms with E-state index < -0.39 is 0 Å². The summed E-state index contributed by atoms with van der Waals surface area (Å²) in [5, 5.41) is 8.14. The Morgan fingerprint density at radius 3 is 3.05 bits per heavy atom. The van der Waals surface area contributed by atoms with Crippen LogP contribution < -0.4 is 5.32 Å². The molecule has 1 fully saturated rings. The number of rotatable bonds is 8. The van der Waals surface area contributed by atoms with Gasteiger partial charge in [-0.15, -0.1) is 6.58 Å². The third-order valence-corrected chi connectivity index (χ3v) is 4.54. The first-order valence-corrected chi connectivity index (χ1v) is 8.49. The molecule has 0 spiro atoms. The molecule has 1 N–H and O–H groups in total. The fourth-order valence-electron chi connectivity index (χ4n) is 2.55. The van der Waals surface area contributed by atoms with E-state index in [0.717, 1.165) is 24.6 Å². The molecule has 0 atom stereocenters. The minimum absolute atomic E-state index is 0.644. The Morgan fingerprint density at radius 2 is 2.26 bits per heavy atom. The summed E-state index contributed by atoms with van der Waals surface area (Å²) in [7, 11) is 0. The lowest BCUT2D eigenvalue weighted by Crippen LogP contribution is -2.18. The summed E-state index contributed by atoms with van der Waals surface area (Å²) in [4.78, 5) is 0. The summed E-state index contributed by atoms with van der Waals surface area (Å²) in [6.07, 6.45) is 10.8. The molecule has 0 aromatic carbocycles. The molecule has 1 aromatic heterocycles. The van der Waals surface area contributed by atoms with Gasteiger partial charge in [0.25, 0.3) is 0 Å². The highest BCUT2D eigenvalue weighted by molar-refractivity contribution is 7.99. The fourth-order valence-corrected chi connectivity index (χ4v) is 3.17. The molecule has 1 aromatic rings. The Morgan fingerprint density at radius 1 is 1.42 bits per heavy atom. The molecule has 0 aliphatic heterocycles. The normalized spacial score (nSPS) is 16.6. The number of nitrogens with zero attached hydrogens (tertiary/aromatic N) is 2. The van der Waals surface area contributed by atoms with E-state index in [1.807, 2.05) is 17.8 Å². The van der Waals surface area contributed by atoms with Crippen molar-refractivity contribution in [1.82, 2.24) is 15.1 Å². The Labute approximate surface area is 120 Å². The smallest absolute Gasteiger partial charge is 0.0762 e. The summed E-state index contributed by atoms with van der Waals surface area (Å²) < 4.78 is 2.18. The van der Waals surface area contributed by atoms with Gasteiger partial charge >= 0.3 is 0 Å². The zero-order chi connectivity index (χ0) is 13.3. The topological polar surface area (TPSA) is 29.9 Å². The van der Waals surface area contributed by atoms with Crippen molar-refractivity contribution in [3.8, 4) is 0 Å². The van der Waals surface area contributed by atoms with Gasteiger partial charge < -0.3 is 5.32 Å². The average Bonchev–Trinajstić information content (AvgIpc) is 2.92. The van der Waals surface area contributed by atoms with Crippen molar-refractivity contribution in [2.24, 2.45) is 0 Å². The Bertz CT molecular complexity index is 369. The molecule has 0 bridgehead atoms. The minimum atomic E-state index is 0.644. The first kappa shape index (κ1) is 14.7. The van der Waals surface area contributed by atoms with Crippen LogP contribution in [0.2, 0.25) is 0 Å².